The van der Waals surface area contributed by atoms with E-state index in [1.807, 2.05) is 6.92 Å². The highest BCUT2D eigenvalue weighted by molar-refractivity contribution is 6.32. The van der Waals surface area contributed by atoms with Crippen molar-refractivity contribution in [1.29, 1.82) is 0 Å². The topological polar surface area (TPSA) is 49.3 Å². The molecule has 0 aliphatic heterocycles. The predicted octanol–water partition coefficient (Wildman–Crippen LogP) is 2.99. The summed E-state index contributed by atoms with van der Waals surface area (Å²) in [6.07, 6.45) is 4.03. The molecular weight excluding hydrogens is 286 g/mol. The molecule has 1 aliphatic carbocycles. The summed E-state index contributed by atoms with van der Waals surface area (Å²) in [5, 5.41) is 12.2. The lowest BCUT2D eigenvalue weighted by Crippen LogP contribution is -2.32. The predicted molar refractivity (Wildman–Crippen MR) is 84.3 cm³/mol. The molecule has 0 aromatic heterocycles. The van der Waals surface area contributed by atoms with Crippen molar-refractivity contribution in [2.45, 2.75) is 38.6 Å². The van der Waals surface area contributed by atoms with Crippen LogP contribution >= 0.6 is 11.6 Å². The van der Waals surface area contributed by atoms with Gasteiger partial charge in [0.05, 0.1) is 11.6 Å². The van der Waals surface area contributed by atoms with E-state index in [1.165, 1.54) is 12.8 Å². The number of hydrogen-bond acceptors (Lipinski definition) is 2. The van der Waals surface area contributed by atoms with Gasteiger partial charge in [-0.1, -0.05) is 36.3 Å². The van der Waals surface area contributed by atoms with Gasteiger partial charge in [-0.15, -0.1) is 0 Å². The van der Waals surface area contributed by atoms with E-state index in [2.05, 4.69) is 17.2 Å². The molecule has 0 radical (unpaired) electrons. The summed E-state index contributed by atoms with van der Waals surface area (Å²) in [6, 6.07) is 5.30. The summed E-state index contributed by atoms with van der Waals surface area (Å²) < 4.78 is 0. The number of carbonyl (C=O) groups excluding carboxylic acids is 1. The Bertz CT molecular complexity index is 570. The van der Waals surface area contributed by atoms with Crippen LogP contribution < -0.4 is 5.32 Å². The minimum absolute atomic E-state index is 0.0317. The maximum atomic E-state index is 12.1. The third-order valence-electron chi connectivity index (χ3n) is 3.45. The maximum absolute atomic E-state index is 12.1. The van der Waals surface area contributed by atoms with E-state index < -0.39 is 0 Å². The normalized spacial score (nSPS) is 15.0. The number of aliphatic hydroxyl groups is 1. The lowest BCUT2D eigenvalue weighted by atomic mass is 10.1. The van der Waals surface area contributed by atoms with E-state index in [-0.39, 0.29) is 18.6 Å². The molecule has 0 heterocycles. The monoisotopic (exact) mass is 305 g/mol. The van der Waals surface area contributed by atoms with Gasteiger partial charge in [0.2, 0.25) is 0 Å². The van der Waals surface area contributed by atoms with Crippen molar-refractivity contribution < 1.29 is 9.90 Å². The second-order valence-corrected chi connectivity index (χ2v) is 5.93. The molecule has 1 saturated carbocycles. The first-order valence-electron chi connectivity index (χ1n) is 7.30. The van der Waals surface area contributed by atoms with Crippen LogP contribution in [0.3, 0.4) is 0 Å². The number of aliphatic hydroxyl groups excluding tert-OH is 1. The Balaban J connectivity index is 1.98. The molecule has 1 aromatic carbocycles. The molecule has 0 bridgehead atoms. The van der Waals surface area contributed by atoms with Crippen molar-refractivity contribution in [2.75, 3.05) is 6.61 Å². The molecule has 112 valence electrons. The fourth-order valence-electron chi connectivity index (χ4n) is 2.19. The van der Waals surface area contributed by atoms with Gasteiger partial charge in [-0.25, -0.2) is 0 Å². The number of nitrogens with one attached hydrogen (secondary N) is 1. The Morgan fingerprint density at radius 2 is 2.29 bits per heavy atom. The van der Waals surface area contributed by atoms with Crippen LogP contribution in [0.4, 0.5) is 0 Å². The third kappa shape index (κ3) is 5.08. The van der Waals surface area contributed by atoms with Crippen molar-refractivity contribution in [1.82, 2.24) is 5.32 Å². The van der Waals surface area contributed by atoms with Crippen molar-refractivity contribution in [3.8, 4) is 11.8 Å². The molecule has 1 aliphatic rings. The van der Waals surface area contributed by atoms with Gasteiger partial charge in [0, 0.05) is 23.6 Å². The van der Waals surface area contributed by atoms with Crippen LogP contribution in [0.5, 0.6) is 0 Å². The first kappa shape index (κ1) is 15.9. The molecule has 0 saturated heterocycles. The van der Waals surface area contributed by atoms with Crippen LogP contribution in [-0.2, 0) is 0 Å². The molecule has 1 amide bonds. The number of halogens is 1. The van der Waals surface area contributed by atoms with Gasteiger partial charge in [0.25, 0.3) is 5.91 Å². The Labute approximate surface area is 130 Å². The highest BCUT2D eigenvalue weighted by Crippen LogP contribution is 2.33. The Kier molecular flexibility index (Phi) is 5.67. The van der Waals surface area contributed by atoms with E-state index in [9.17, 15) is 4.79 Å². The molecule has 3 nitrogen and oxygen atoms in total. The van der Waals surface area contributed by atoms with Gasteiger partial charge in [0.1, 0.15) is 0 Å². The zero-order valence-corrected chi connectivity index (χ0v) is 12.9. The molecular formula is C17H20ClNO2. The minimum Gasteiger partial charge on any atom is -0.395 e. The SMILES string of the molecule is CC(CC1CC1)NC(=O)c1ccc(C#CCCO)c(Cl)c1. The Morgan fingerprint density at radius 3 is 2.90 bits per heavy atom. The molecule has 21 heavy (non-hydrogen) atoms. The molecule has 1 atom stereocenters. The minimum atomic E-state index is -0.0973. The first-order chi connectivity index (χ1) is 10.1. The molecule has 1 aromatic rings. The van der Waals surface area contributed by atoms with Crippen LogP contribution in [0.15, 0.2) is 18.2 Å². The van der Waals surface area contributed by atoms with E-state index >= 15 is 0 Å². The van der Waals surface area contributed by atoms with E-state index in [1.54, 1.807) is 18.2 Å². The van der Waals surface area contributed by atoms with Crippen molar-refractivity contribution in [2.24, 2.45) is 5.92 Å². The van der Waals surface area contributed by atoms with E-state index in [0.29, 0.717) is 22.6 Å². The average molecular weight is 306 g/mol. The lowest BCUT2D eigenvalue weighted by Gasteiger charge is -2.13. The quantitative estimate of drug-likeness (QED) is 0.822. The molecule has 2 rings (SSSR count). The van der Waals surface area contributed by atoms with Crippen molar-refractivity contribution in [3.05, 3.63) is 34.3 Å². The van der Waals surface area contributed by atoms with Gasteiger partial charge in [0.15, 0.2) is 0 Å². The largest absolute Gasteiger partial charge is 0.395 e. The van der Waals surface area contributed by atoms with Crippen LogP contribution in [0, 0.1) is 17.8 Å². The van der Waals surface area contributed by atoms with Gasteiger partial charge >= 0.3 is 0 Å². The highest BCUT2D eigenvalue weighted by Gasteiger charge is 2.24. The number of hydrogen-bond donors (Lipinski definition) is 2. The fourth-order valence-corrected chi connectivity index (χ4v) is 2.42. The summed E-state index contributed by atoms with van der Waals surface area (Å²) in [5.41, 5.74) is 1.23. The maximum Gasteiger partial charge on any atom is 0.251 e. The molecule has 0 spiro atoms. The molecule has 1 unspecified atom stereocenters. The number of carbonyl (C=O) groups is 1. The Morgan fingerprint density at radius 1 is 1.52 bits per heavy atom. The fraction of sp³-hybridized carbons (Fsp3) is 0.471. The van der Waals surface area contributed by atoms with Gasteiger partial charge in [-0.3, -0.25) is 4.79 Å². The van der Waals surface area contributed by atoms with E-state index in [0.717, 1.165) is 12.3 Å². The lowest BCUT2D eigenvalue weighted by molar-refractivity contribution is 0.0937. The highest BCUT2D eigenvalue weighted by atomic mass is 35.5. The zero-order chi connectivity index (χ0) is 15.2. The number of benzene rings is 1. The molecule has 1 fully saturated rings. The van der Waals surface area contributed by atoms with Crippen molar-refractivity contribution >= 4 is 17.5 Å². The van der Waals surface area contributed by atoms with Gasteiger partial charge in [-0.2, -0.15) is 0 Å². The summed E-state index contributed by atoms with van der Waals surface area (Å²) in [5.74, 6) is 6.39. The second kappa shape index (κ2) is 7.49. The second-order valence-electron chi connectivity index (χ2n) is 5.52. The summed E-state index contributed by atoms with van der Waals surface area (Å²) in [7, 11) is 0. The number of amides is 1. The standard InChI is InChI=1S/C17H20ClNO2/c1-12(10-13-5-6-13)19-17(21)15-8-7-14(16(18)11-15)4-2-3-9-20/h7-8,11-13,20H,3,5-6,9-10H2,1H3,(H,19,21). The summed E-state index contributed by atoms with van der Waals surface area (Å²) in [6.45, 7) is 2.07. The van der Waals surface area contributed by atoms with Crippen molar-refractivity contribution in [3.63, 3.8) is 0 Å². The zero-order valence-electron chi connectivity index (χ0n) is 12.2. The first-order valence-corrected chi connectivity index (χ1v) is 7.68. The van der Waals surface area contributed by atoms with Crippen LogP contribution in [-0.4, -0.2) is 23.7 Å². The Hall–Kier alpha value is -1.50. The van der Waals surface area contributed by atoms with Crippen LogP contribution in [0.1, 0.15) is 48.5 Å². The third-order valence-corrected chi connectivity index (χ3v) is 3.77. The van der Waals surface area contributed by atoms with Gasteiger partial charge in [-0.05, 0) is 37.5 Å². The van der Waals surface area contributed by atoms with Gasteiger partial charge < -0.3 is 10.4 Å². The van der Waals surface area contributed by atoms with Crippen LogP contribution in [0.2, 0.25) is 5.02 Å². The van der Waals surface area contributed by atoms with E-state index in [4.69, 9.17) is 16.7 Å². The van der Waals surface area contributed by atoms with Crippen LogP contribution in [0.25, 0.3) is 0 Å². The molecule has 2 N–H and O–H groups in total. The smallest absolute Gasteiger partial charge is 0.251 e. The summed E-state index contributed by atoms with van der Waals surface area (Å²) >= 11 is 6.14. The average Bonchev–Trinajstić information content (AvgIpc) is 3.24. The molecule has 4 heteroatoms. The number of rotatable bonds is 5. The summed E-state index contributed by atoms with van der Waals surface area (Å²) in [4.78, 5) is 12.1.